The molecule has 0 spiro atoms. The van der Waals surface area contributed by atoms with E-state index in [0.717, 1.165) is 30.4 Å². The Morgan fingerprint density at radius 1 is 1.79 bits per heavy atom. The summed E-state index contributed by atoms with van der Waals surface area (Å²) in [7, 11) is 0. The van der Waals surface area contributed by atoms with Gasteiger partial charge in [0.1, 0.15) is 11.0 Å². The van der Waals surface area contributed by atoms with E-state index in [9.17, 15) is 0 Å². The van der Waals surface area contributed by atoms with Crippen LogP contribution in [0.1, 0.15) is 25.6 Å². The number of imidazole rings is 1. The van der Waals surface area contributed by atoms with Gasteiger partial charge in [0, 0.05) is 19.0 Å². The number of aromatic nitrogens is 2. The molecule has 2 N–H and O–H groups in total. The van der Waals surface area contributed by atoms with Gasteiger partial charge >= 0.3 is 0 Å². The number of hydrogen-bond acceptors (Lipinski definition) is 2. The van der Waals surface area contributed by atoms with Crippen molar-refractivity contribution in [2.75, 3.05) is 0 Å². The first-order valence-electron chi connectivity index (χ1n) is 5.12. The third-order valence-electron chi connectivity index (χ3n) is 2.81. The third-order valence-corrected chi connectivity index (χ3v) is 3.11. The van der Waals surface area contributed by atoms with Crippen LogP contribution in [0.4, 0.5) is 0 Å². The molecule has 3 nitrogen and oxygen atoms in total. The van der Waals surface area contributed by atoms with E-state index >= 15 is 0 Å². The van der Waals surface area contributed by atoms with Gasteiger partial charge in [-0.25, -0.2) is 4.98 Å². The lowest BCUT2D eigenvalue weighted by Gasteiger charge is -2.25. The summed E-state index contributed by atoms with van der Waals surface area (Å²) in [5.74, 6) is 1.78. The van der Waals surface area contributed by atoms with Gasteiger partial charge in [0.25, 0.3) is 0 Å². The predicted molar refractivity (Wildman–Crippen MR) is 57.3 cm³/mol. The van der Waals surface area contributed by atoms with E-state index < -0.39 is 0 Å². The van der Waals surface area contributed by atoms with E-state index in [-0.39, 0.29) is 6.04 Å². The first kappa shape index (κ1) is 9.99. The summed E-state index contributed by atoms with van der Waals surface area (Å²) >= 11 is 6.03. The van der Waals surface area contributed by atoms with Crippen molar-refractivity contribution in [1.29, 1.82) is 0 Å². The van der Waals surface area contributed by atoms with Crippen LogP contribution in [0, 0.1) is 5.92 Å². The van der Waals surface area contributed by atoms with Crippen LogP contribution < -0.4 is 5.73 Å². The van der Waals surface area contributed by atoms with Gasteiger partial charge in [-0.1, -0.05) is 11.6 Å². The Labute approximate surface area is 89.3 Å². The molecular weight excluding hydrogens is 198 g/mol. The highest BCUT2D eigenvalue weighted by molar-refractivity contribution is 6.29. The Kier molecular flexibility index (Phi) is 2.79. The van der Waals surface area contributed by atoms with Crippen molar-refractivity contribution < 1.29 is 0 Å². The van der Waals surface area contributed by atoms with Gasteiger partial charge in [-0.05, 0) is 25.7 Å². The maximum absolute atomic E-state index is 6.03. The zero-order valence-electron chi connectivity index (χ0n) is 8.41. The molecule has 0 aromatic carbocycles. The number of hydrogen-bond donors (Lipinski definition) is 1. The van der Waals surface area contributed by atoms with Crippen molar-refractivity contribution in [1.82, 2.24) is 9.55 Å². The molecule has 14 heavy (non-hydrogen) atoms. The minimum Gasteiger partial charge on any atom is -0.328 e. The van der Waals surface area contributed by atoms with E-state index in [1.165, 1.54) is 6.42 Å². The van der Waals surface area contributed by atoms with Crippen LogP contribution in [-0.2, 0) is 13.0 Å². The maximum Gasteiger partial charge on any atom is 0.128 e. The van der Waals surface area contributed by atoms with Crippen molar-refractivity contribution in [3.63, 3.8) is 0 Å². The first-order valence-corrected chi connectivity index (χ1v) is 5.50. The summed E-state index contributed by atoms with van der Waals surface area (Å²) in [5.41, 5.74) is 5.80. The fourth-order valence-corrected chi connectivity index (χ4v) is 2.40. The number of fused-ring (bicyclic) bond motifs is 1. The number of aryl methyl sites for hydroxylation is 1. The number of halogens is 1. The zero-order chi connectivity index (χ0) is 10.1. The van der Waals surface area contributed by atoms with Crippen molar-refractivity contribution in [2.45, 2.75) is 38.8 Å². The van der Waals surface area contributed by atoms with Crippen LogP contribution in [0.25, 0.3) is 0 Å². The topological polar surface area (TPSA) is 43.8 Å². The molecule has 0 saturated carbocycles. The molecule has 0 saturated heterocycles. The molecule has 1 aliphatic heterocycles. The van der Waals surface area contributed by atoms with Crippen LogP contribution in [0.15, 0.2) is 6.20 Å². The quantitative estimate of drug-likeness (QED) is 0.815. The first-order chi connectivity index (χ1) is 6.66. The number of nitrogens with two attached hydrogens (primary N) is 1. The average Bonchev–Trinajstić information content (AvgIpc) is 2.47. The van der Waals surface area contributed by atoms with Gasteiger partial charge in [-0.15, -0.1) is 0 Å². The molecule has 2 unspecified atom stereocenters. The molecule has 0 bridgehead atoms. The summed E-state index contributed by atoms with van der Waals surface area (Å²) in [5, 5.41) is 0.759. The molecule has 0 aliphatic carbocycles. The summed E-state index contributed by atoms with van der Waals surface area (Å²) in [6, 6.07) is 0.281. The zero-order valence-corrected chi connectivity index (χ0v) is 9.17. The molecule has 2 heterocycles. The molecule has 78 valence electrons. The number of rotatable bonds is 2. The second-order valence-electron chi connectivity index (χ2n) is 4.23. The predicted octanol–water partition coefficient (Wildman–Crippen LogP) is 1.84. The van der Waals surface area contributed by atoms with E-state index in [2.05, 4.69) is 16.5 Å². The van der Waals surface area contributed by atoms with Crippen molar-refractivity contribution >= 4 is 11.6 Å². The lowest BCUT2D eigenvalue weighted by atomic mass is 9.93. The minimum atomic E-state index is 0.281. The molecule has 1 aliphatic rings. The molecule has 0 fully saturated rings. The summed E-state index contributed by atoms with van der Waals surface area (Å²) in [4.78, 5) is 4.27. The van der Waals surface area contributed by atoms with E-state index in [1.807, 2.05) is 0 Å². The highest BCUT2D eigenvalue weighted by Gasteiger charge is 2.21. The molecule has 1 aromatic heterocycles. The second-order valence-corrected chi connectivity index (χ2v) is 4.61. The maximum atomic E-state index is 6.03. The van der Waals surface area contributed by atoms with E-state index in [0.29, 0.717) is 5.92 Å². The lowest BCUT2D eigenvalue weighted by molar-refractivity contribution is 0.328. The van der Waals surface area contributed by atoms with Gasteiger partial charge in [0.15, 0.2) is 0 Å². The number of nitrogens with zero attached hydrogens (tertiary/aromatic N) is 2. The van der Waals surface area contributed by atoms with Crippen molar-refractivity contribution in [3.05, 3.63) is 17.2 Å². The molecule has 2 rings (SSSR count). The molecule has 0 radical (unpaired) electrons. The van der Waals surface area contributed by atoms with E-state index in [1.54, 1.807) is 6.20 Å². The van der Waals surface area contributed by atoms with Crippen LogP contribution in [0.2, 0.25) is 5.15 Å². The Hall–Kier alpha value is -0.540. The van der Waals surface area contributed by atoms with Crippen LogP contribution >= 0.6 is 11.6 Å². The molecule has 2 atom stereocenters. The lowest BCUT2D eigenvalue weighted by Crippen LogP contribution is -2.26. The Morgan fingerprint density at radius 2 is 2.57 bits per heavy atom. The summed E-state index contributed by atoms with van der Waals surface area (Å²) < 4.78 is 2.11. The van der Waals surface area contributed by atoms with Crippen molar-refractivity contribution in [3.8, 4) is 0 Å². The van der Waals surface area contributed by atoms with Crippen LogP contribution in [0.5, 0.6) is 0 Å². The Bertz CT molecular complexity index is 319. The van der Waals surface area contributed by atoms with E-state index in [4.69, 9.17) is 17.3 Å². The van der Waals surface area contributed by atoms with Gasteiger partial charge in [0.2, 0.25) is 0 Å². The highest BCUT2D eigenvalue weighted by Crippen LogP contribution is 2.25. The van der Waals surface area contributed by atoms with Crippen LogP contribution in [0.3, 0.4) is 0 Å². The Morgan fingerprint density at radius 3 is 3.29 bits per heavy atom. The Balaban J connectivity index is 2.08. The monoisotopic (exact) mass is 213 g/mol. The minimum absolute atomic E-state index is 0.281. The fraction of sp³-hybridized carbons (Fsp3) is 0.700. The van der Waals surface area contributed by atoms with Gasteiger partial charge in [-0.3, -0.25) is 0 Å². The third kappa shape index (κ3) is 1.93. The molecule has 1 aromatic rings. The van der Waals surface area contributed by atoms with Gasteiger partial charge in [-0.2, -0.15) is 0 Å². The average molecular weight is 214 g/mol. The summed E-state index contributed by atoms with van der Waals surface area (Å²) in [6.07, 6.45) is 5.04. The second kappa shape index (κ2) is 3.91. The van der Waals surface area contributed by atoms with Crippen molar-refractivity contribution in [2.24, 2.45) is 11.7 Å². The smallest absolute Gasteiger partial charge is 0.128 e. The van der Waals surface area contributed by atoms with Gasteiger partial charge in [0.05, 0.1) is 6.20 Å². The largest absolute Gasteiger partial charge is 0.328 e. The van der Waals surface area contributed by atoms with Crippen LogP contribution in [-0.4, -0.2) is 15.6 Å². The highest BCUT2D eigenvalue weighted by atomic mass is 35.5. The molecular formula is C10H16ClN3. The summed E-state index contributed by atoms with van der Waals surface area (Å²) in [6.45, 7) is 3.04. The molecule has 0 amide bonds. The SMILES string of the molecule is CC(N)CC1CCc2ncc(Cl)n2C1. The van der Waals surface area contributed by atoms with Gasteiger partial charge < -0.3 is 10.3 Å². The fourth-order valence-electron chi connectivity index (χ4n) is 2.18. The standard InChI is InChI=1S/C10H16ClN3/c1-7(12)4-8-2-3-10-13-5-9(11)14(10)6-8/h5,7-8H,2-4,6,12H2,1H3. The normalized spacial score (nSPS) is 23.2. The molecule has 4 heteroatoms.